The highest BCUT2D eigenvalue weighted by molar-refractivity contribution is 6.06. The minimum atomic E-state index is -0.119. The summed E-state index contributed by atoms with van der Waals surface area (Å²) in [6.45, 7) is 10.0. The van der Waals surface area contributed by atoms with E-state index in [1.807, 2.05) is 6.92 Å². The fourth-order valence-electron chi connectivity index (χ4n) is 4.32. The lowest BCUT2D eigenvalue weighted by atomic mass is 9.76. The zero-order valence-electron chi connectivity index (χ0n) is 18.5. The topological polar surface area (TPSA) is 91.0 Å². The lowest BCUT2D eigenvalue weighted by Crippen LogP contribution is -2.22. The Morgan fingerprint density at radius 2 is 2.00 bits per heavy atom. The van der Waals surface area contributed by atoms with Crippen LogP contribution in [-0.2, 0) is 11.2 Å². The average Bonchev–Trinajstić information content (AvgIpc) is 3.01. The molecule has 3 rings (SSSR count). The molecule has 0 spiro atoms. The molecule has 5 N–H and O–H groups in total. The summed E-state index contributed by atoms with van der Waals surface area (Å²) in [5.41, 5.74) is 13.4. The standard InChI is InChI=1S/C25H32N4O/c1-6-17-9-8-14(3)19(11-17)20-13-21-22(12-18(20)7-2)29-25(30)24(21)16(5)28-23(27)10-15(4)26/h8-13,18,20,26,28H,6-7,27H2,1-5H3,(H,29,30)/b23-10+,24-16-,26-15?. The molecule has 5 nitrogen and oxygen atoms in total. The van der Waals surface area contributed by atoms with Gasteiger partial charge < -0.3 is 21.8 Å². The minimum absolute atomic E-state index is 0.119. The van der Waals surface area contributed by atoms with Gasteiger partial charge in [0, 0.05) is 28.6 Å². The summed E-state index contributed by atoms with van der Waals surface area (Å²) in [4.78, 5) is 12.8. The van der Waals surface area contributed by atoms with E-state index in [1.165, 1.54) is 16.7 Å². The number of allylic oxidation sites excluding steroid dienone is 5. The summed E-state index contributed by atoms with van der Waals surface area (Å²) >= 11 is 0. The van der Waals surface area contributed by atoms with Crippen molar-refractivity contribution in [3.8, 4) is 0 Å². The first-order valence-electron chi connectivity index (χ1n) is 10.6. The Morgan fingerprint density at radius 3 is 2.63 bits per heavy atom. The van der Waals surface area contributed by atoms with E-state index in [2.05, 4.69) is 61.8 Å². The Balaban J connectivity index is 2.08. The molecule has 1 saturated heterocycles. The summed E-state index contributed by atoms with van der Waals surface area (Å²) in [5, 5.41) is 13.7. The van der Waals surface area contributed by atoms with Crippen molar-refractivity contribution >= 4 is 11.6 Å². The van der Waals surface area contributed by atoms with E-state index in [0.29, 0.717) is 28.7 Å². The van der Waals surface area contributed by atoms with Crippen molar-refractivity contribution < 1.29 is 4.79 Å². The molecule has 1 aromatic carbocycles. The third-order valence-electron chi connectivity index (χ3n) is 5.88. The van der Waals surface area contributed by atoms with E-state index < -0.39 is 0 Å². The number of amides is 1. The van der Waals surface area contributed by atoms with Gasteiger partial charge in [0.25, 0.3) is 5.91 Å². The first kappa shape index (κ1) is 21.6. The predicted molar refractivity (Wildman–Crippen MR) is 123 cm³/mol. The van der Waals surface area contributed by atoms with Crippen LogP contribution in [-0.4, -0.2) is 11.6 Å². The second-order valence-corrected chi connectivity index (χ2v) is 8.16. The van der Waals surface area contributed by atoms with Gasteiger partial charge in [-0.05, 0) is 62.3 Å². The predicted octanol–water partition coefficient (Wildman–Crippen LogP) is 4.32. The van der Waals surface area contributed by atoms with Crippen molar-refractivity contribution in [1.29, 1.82) is 5.41 Å². The van der Waals surface area contributed by atoms with Crippen LogP contribution >= 0.6 is 0 Å². The quantitative estimate of drug-likeness (QED) is 0.420. The monoisotopic (exact) mass is 404 g/mol. The highest BCUT2D eigenvalue weighted by Crippen LogP contribution is 2.42. The number of rotatable bonds is 6. The number of carbonyl (C=O) groups excluding carboxylic acids is 1. The number of benzene rings is 1. The Kier molecular flexibility index (Phi) is 6.30. The van der Waals surface area contributed by atoms with Crippen LogP contribution in [0.25, 0.3) is 0 Å². The molecule has 0 bridgehead atoms. The number of aryl methyl sites for hydroxylation is 2. The molecule has 2 atom stereocenters. The summed E-state index contributed by atoms with van der Waals surface area (Å²) < 4.78 is 0. The number of carbonyl (C=O) groups is 1. The molecule has 1 fully saturated rings. The second kappa shape index (κ2) is 8.74. The lowest BCUT2D eigenvalue weighted by Gasteiger charge is -2.28. The lowest BCUT2D eigenvalue weighted by molar-refractivity contribution is -0.115. The third kappa shape index (κ3) is 4.25. The van der Waals surface area contributed by atoms with Crippen LogP contribution in [0.3, 0.4) is 0 Å². The van der Waals surface area contributed by atoms with E-state index in [0.717, 1.165) is 24.1 Å². The van der Waals surface area contributed by atoms with Crippen molar-refractivity contribution in [2.75, 3.05) is 0 Å². The largest absolute Gasteiger partial charge is 0.385 e. The Bertz CT molecular complexity index is 1010. The van der Waals surface area contributed by atoms with Crippen molar-refractivity contribution in [3.05, 3.63) is 81.5 Å². The van der Waals surface area contributed by atoms with Crippen LogP contribution < -0.4 is 16.4 Å². The van der Waals surface area contributed by atoms with Gasteiger partial charge in [-0.15, -0.1) is 0 Å². The van der Waals surface area contributed by atoms with Gasteiger partial charge in [-0.25, -0.2) is 0 Å². The molecule has 1 aliphatic carbocycles. The van der Waals surface area contributed by atoms with Gasteiger partial charge in [0.1, 0.15) is 5.82 Å². The number of hydrogen-bond acceptors (Lipinski definition) is 4. The van der Waals surface area contributed by atoms with Crippen molar-refractivity contribution in [3.63, 3.8) is 0 Å². The van der Waals surface area contributed by atoms with Gasteiger partial charge in [-0.2, -0.15) is 0 Å². The molecule has 5 heteroatoms. The summed E-state index contributed by atoms with van der Waals surface area (Å²) in [7, 11) is 0. The smallest absolute Gasteiger partial charge is 0.258 e. The maximum Gasteiger partial charge on any atom is 0.258 e. The van der Waals surface area contributed by atoms with E-state index in [-0.39, 0.29) is 11.8 Å². The summed E-state index contributed by atoms with van der Waals surface area (Å²) in [6, 6.07) is 6.70. The van der Waals surface area contributed by atoms with E-state index >= 15 is 0 Å². The van der Waals surface area contributed by atoms with E-state index in [4.69, 9.17) is 11.1 Å². The molecule has 0 saturated carbocycles. The molecule has 2 aliphatic rings. The molecule has 1 amide bonds. The molecule has 0 radical (unpaired) electrons. The highest BCUT2D eigenvalue weighted by Gasteiger charge is 2.35. The Labute approximate surface area is 179 Å². The molecule has 1 heterocycles. The van der Waals surface area contributed by atoms with Crippen LogP contribution in [0.2, 0.25) is 0 Å². The van der Waals surface area contributed by atoms with Crippen LogP contribution in [0.4, 0.5) is 0 Å². The molecule has 30 heavy (non-hydrogen) atoms. The molecule has 1 aromatic rings. The van der Waals surface area contributed by atoms with Gasteiger partial charge in [-0.3, -0.25) is 4.79 Å². The van der Waals surface area contributed by atoms with Crippen LogP contribution in [0.5, 0.6) is 0 Å². The molecule has 0 aromatic heterocycles. The number of nitrogens with one attached hydrogen (secondary N) is 3. The third-order valence-corrected chi connectivity index (χ3v) is 5.88. The van der Waals surface area contributed by atoms with E-state index in [9.17, 15) is 4.79 Å². The molecule has 2 unspecified atom stereocenters. The maximum atomic E-state index is 12.8. The maximum absolute atomic E-state index is 12.8. The normalized spacial score (nSPS) is 22.7. The van der Waals surface area contributed by atoms with Gasteiger partial charge in [0.05, 0.1) is 5.57 Å². The van der Waals surface area contributed by atoms with Crippen LogP contribution in [0.1, 0.15) is 56.7 Å². The molecule has 1 aliphatic heterocycles. The first-order valence-corrected chi connectivity index (χ1v) is 10.6. The van der Waals surface area contributed by atoms with Crippen LogP contribution in [0.15, 0.2) is 64.8 Å². The fourth-order valence-corrected chi connectivity index (χ4v) is 4.32. The zero-order valence-corrected chi connectivity index (χ0v) is 18.5. The van der Waals surface area contributed by atoms with Gasteiger partial charge in [-0.1, -0.05) is 44.2 Å². The first-order chi connectivity index (χ1) is 14.2. The average molecular weight is 405 g/mol. The molecular weight excluding hydrogens is 372 g/mol. The minimum Gasteiger partial charge on any atom is -0.385 e. The highest BCUT2D eigenvalue weighted by atomic mass is 16.2. The number of hydrogen-bond donors (Lipinski definition) is 4. The number of fused-ring (bicyclic) bond motifs is 1. The van der Waals surface area contributed by atoms with Gasteiger partial charge in [0.15, 0.2) is 0 Å². The fraction of sp³-hybridized carbons (Fsp3) is 0.360. The second-order valence-electron chi connectivity index (χ2n) is 8.16. The van der Waals surface area contributed by atoms with Gasteiger partial charge in [0.2, 0.25) is 0 Å². The van der Waals surface area contributed by atoms with Crippen molar-refractivity contribution in [2.24, 2.45) is 11.7 Å². The summed E-state index contributed by atoms with van der Waals surface area (Å²) in [5.74, 6) is 0.774. The van der Waals surface area contributed by atoms with E-state index in [1.54, 1.807) is 13.0 Å². The van der Waals surface area contributed by atoms with Crippen molar-refractivity contribution in [1.82, 2.24) is 10.6 Å². The van der Waals surface area contributed by atoms with Crippen molar-refractivity contribution in [2.45, 2.75) is 53.4 Å². The Morgan fingerprint density at radius 1 is 1.27 bits per heavy atom. The van der Waals surface area contributed by atoms with Gasteiger partial charge >= 0.3 is 0 Å². The Hall–Kier alpha value is -3.08. The summed E-state index contributed by atoms with van der Waals surface area (Å²) in [6.07, 6.45) is 7.98. The molecular formula is C25H32N4O. The molecule has 158 valence electrons. The van der Waals surface area contributed by atoms with Crippen LogP contribution in [0, 0.1) is 18.3 Å². The number of nitrogens with two attached hydrogens (primary N) is 1. The zero-order chi connectivity index (χ0) is 22.0. The SMILES string of the molecule is CCc1ccc(C)c(C2C=C3C(=CC2CC)NC(=O)/C3=C(/C)N/C(N)=C/C(C)=N)c1.